The molecule has 1 fully saturated rings. The van der Waals surface area contributed by atoms with Crippen LogP contribution in [-0.2, 0) is 11.3 Å². The van der Waals surface area contributed by atoms with Gasteiger partial charge in [-0.25, -0.2) is 0 Å². The van der Waals surface area contributed by atoms with Gasteiger partial charge in [-0.3, -0.25) is 9.69 Å². The van der Waals surface area contributed by atoms with Crippen LogP contribution in [0.3, 0.4) is 0 Å². The lowest BCUT2D eigenvalue weighted by Crippen LogP contribution is -2.27. The van der Waals surface area contributed by atoms with Crippen LogP contribution in [0.15, 0.2) is 48.5 Å². The fraction of sp³-hybridized carbons (Fsp3) is 0.278. The third-order valence-electron chi connectivity index (χ3n) is 4.08. The van der Waals surface area contributed by atoms with E-state index in [4.69, 9.17) is 23.2 Å². The SMILES string of the molecule is O=C(Nc1ccc(Cl)cc1Cl)C1CCN(Cc2ccccc2)C1. The van der Waals surface area contributed by atoms with Crippen molar-refractivity contribution in [3.63, 3.8) is 0 Å². The van der Waals surface area contributed by atoms with Crippen molar-refractivity contribution in [3.05, 3.63) is 64.1 Å². The minimum atomic E-state index is -0.00884. The highest BCUT2D eigenvalue weighted by Gasteiger charge is 2.28. The van der Waals surface area contributed by atoms with E-state index in [9.17, 15) is 4.79 Å². The molecular weight excluding hydrogens is 331 g/mol. The van der Waals surface area contributed by atoms with Crippen LogP contribution in [0.4, 0.5) is 5.69 Å². The fourth-order valence-electron chi connectivity index (χ4n) is 2.86. The second kappa shape index (κ2) is 7.35. The largest absolute Gasteiger partial charge is 0.324 e. The third kappa shape index (κ3) is 4.25. The molecule has 1 amide bonds. The Balaban J connectivity index is 1.57. The van der Waals surface area contributed by atoms with E-state index in [0.717, 1.165) is 26.1 Å². The maximum Gasteiger partial charge on any atom is 0.228 e. The van der Waals surface area contributed by atoms with Crippen LogP contribution in [0.1, 0.15) is 12.0 Å². The first-order chi connectivity index (χ1) is 11.1. The number of benzene rings is 2. The summed E-state index contributed by atoms with van der Waals surface area (Å²) in [5.74, 6) is 0.00948. The Kier molecular flexibility index (Phi) is 5.21. The van der Waals surface area contributed by atoms with E-state index < -0.39 is 0 Å². The zero-order chi connectivity index (χ0) is 16.2. The highest BCUT2D eigenvalue weighted by atomic mass is 35.5. The predicted octanol–water partition coefficient (Wildman–Crippen LogP) is 4.45. The number of rotatable bonds is 4. The molecule has 0 spiro atoms. The van der Waals surface area contributed by atoms with Gasteiger partial charge in [0.15, 0.2) is 0 Å². The molecule has 120 valence electrons. The van der Waals surface area contributed by atoms with Gasteiger partial charge in [-0.1, -0.05) is 53.5 Å². The maximum absolute atomic E-state index is 12.4. The van der Waals surface area contributed by atoms with Crippen LogP contribution in [-0.4, -0.2) is 23.9 Å². The monoisotopic (exact) mass is 348 g/mol. The van der Waals surface area contributed by atoms with Gasteiger partial charge in [0.05, 0.1) is 16.6 Å². The molecule has 1 aliphatic heterocycles. The number of amides is 1. The highest BCUT2D eigenvalue weighted by molar-refractivity contribution is 6.36. The van der Waals surface area contributed by atoms with E-state index >= 15 is 0 Å². The average Bonchev–Trinajstić information content (AvgIpc) is 3.00. The molecule has 0 aromatic heterocycles. The second-order valence-corrected chi connectivity index (χ2v) is 6.66. The molecule has 1 aliphatic rings. The average molecular weight is 349 g/mol. The van der Waals surface area contributed by atoms with E-state index in [0.29, 0.717) is 15.7 Å². The van der Waals surface area contributed by atoms with Gasteiger partial charge in [-0.15, -0.1) is 0 Å². The van der Waals surface area contributed by atoms with Crippen LogP contribution < -0.4 is 5.32 Å². The second-order valence-electron chi connectivity index (χ2n) is 5.82. The molecule has 3 nitrogen and oxygen atoms in total. The first-order valence-corrected chi connectivity index (χ1v) is 8.39. The van der Waals surface area contributed by atoms with Gasteiger partial charge in [-0.05, 0) is 36.7 Å². The summed E-state index contributed by atoms with van der Waals surface area (Å²) in [5, 5.41) is 3.93. The van der Waals surface area contributed by atoms with Gasteiger partial charge in [0.1, 0.15) is 0 Å². The quantitative estimate of drug-likeness (QED) is 0.884. The summed E-state index contributed by atoms with van der Waals surface area (Å²) in [6.45, 7) is 2.58. The molecule has 3 rings (SSSR count). The maximum atomic E-state index is 12.4. The zero-order valence-corrected chi connectivity index (χ0v) is 14.1. The molecular formula is C18H18Cl2N2O. The van der Waals surface area contributed by atoms with Gasteiger partial charge in [0.2, 0.25) is 5.91 Å². The van der Waals surface area contributed by atoms with Crippen molar-refractivity contribution in [1.29, 1.82) is 0 Å². The van der Waals surface area contributed by atoms with E-state index in [2.05, 4.69) is 22.3 Å². The van der Waals surface area contributed by atoms with Crippen molar-refractivity contribution < 1.29 is 4.79 Å². The summed E-state index contributed by atoms with van der Waals surface area (Å²) in [7, 11) is 0. The zero-order valence-electron chi connectivity index (χ0n) is 12.6. The number of nitrogens with one attached hydrogen (secondary N) is 1. The normalized spacial score (nSPS) is 18.1. The molecule has 0 aliphatic carbocycles. The Labute approximate surface area is 146 Å². The summed E-state index contributed by atoms with van der Waals surface area (Å²) in [6, 6.07) is 15.4. The molecule has 1 atom stereocenters. The van der Waals surface area contributed by atoms with Gasteiger partial charge < -0.3 is 5.32 Å². The van der Waals surface area contributed by atoms with Crippen LogP contribution in [0.25, 0.3) is 0 Å². The van der Waals surface area contributed by atoms with E-state index in [1.54, 1.807) is 18.2 Å². The minimum Gasteiger partial charge on any atom is -0.324 e. The molecule has 0 saturated carbocycles. The molecule has 23 heavy (non-hydrogen) atoms. The molecule has 0 radical (unpaired) electrons. The molecule has 1 N–H and O–H groups in total. The lowest BCUT2D eigenvalue weighted by atomic mass is 10.1. The number of likely N-dealkylation sites (tertiary alicyclic amines) is 1. The van der Waals surface area contributed by atoms with Gasteiger partial charge in [0, 0.05) is 18.1 Å². The van der Waals surface area contributed by atoms with E-state index in [-0.39, 0.29) is 11.8 Å². The van der Waals surface area contributed by atoms with Crippen LogP contribution >= 0.6 is 23.2 Å². The number of carbonyl (C=O) groups is 1. The fourth-order valence-corrected chi connectivity index (χ4v) is 3.31. The van der Waals surface area contributed by atoms with Crippen molar-refractivity contribution in [2.45, 2.75) is 13.0 Å². The molecule has 1 unspecified atom stereocenters. The topological polar surface area (TPSA) is 32.3 Å². The standard InChI is InChI=1S/C18H18Cl2N2O/c19-15-6-7-17(16(20)10-15)21-18(23)14-8-9-22(12-14)11-13-4-2-1-3-5-13/h1-7,10,14H,8-9,11-12H2,(H,21,23). The summed E-state index contributed by atoms with van der Waals surface area (Å²) in [5.41, 5.74) is 1.89. The number of hydrogen-bond donors (Lipinski definition) is 1. The Morgan fingerprint density at radius 1 is 1.17 bits per heavy atom. The molecule has 0 bridgehead atoms. The predicted molar refractivity (Wildman–Crippen MR) is 94.9 cm³/mol. The van der Waals surface area contributed by atoms with Gasteiger partial charge >= 0.3 is 0 Å². The Hall–Kier alpha value is -1.55. The van der Waals surface area contributed by atoms with Crippen LogP contribution in [0.5, 0.6) is 0 Å². The minimum absolute atomic E-state index is 0.00884. The number of halogens is 2. The van der Waals surface area contributed by atoms with Crippen molar-refractivity contribution in [2.24, 2.45) is 5.92 Å². The Morgan fingerprint density at radius 2 is 1.96 bits per heavy atom. The Morgan fingerprint density at radius 3 is 2.70 bits per heavy atom. The Bertz CT molecular complexity index is 691. The number of carbonyl (C=O) groups excluding carboxylic acids is 1. The smallest absolute Gasteiger partial charge is 0.228 e. The molecule has 1 heterocycles. The summed E-state index contributed by atoms with van der Waals surface area (Å²) in [4.78, 5) is 14.7. The summed E-state index contributed by atoms with van der Waals surface area (Å²) >= 11 is 12.0. The van der Waals surface area contributed by atoms with Crippen LogP contribution in [0, 0.1) is 5.92 Å². The lowest BCUT2D eigenvalue weighted by Gasteiger charge is -2.16. The molecule has 1 saturated heterocycles. The van der Waals surface area contributed by atoms with Crippen molar-refractivity contribution in [2.75, 3.05) is 18.4 Å². The molecule has 5 heteroatoms. The van der Waals surface area contributed by atoms with E-state index in [1.165, 1.54) is 5.56 Å². The van der Waals surface area contributed by atoms with Crippen LogP contribution in [0.2, 0.25) is 10.0 Å². The first-order valence-electron chi connectivity index (χ1n) is 7.64. The van der Waals surface area contributed by atoms with E-state index in [1.807, 2.05) is 18.2 Å². The number of anilines is 1. The lowest BCUT2D eigenvalue weighted by molar-refractivity contribution is -0.119. The van der Waals surface area contributed by atoms with Crippen molar-refractivity contribution in [3.8, 4) is 0 Å². The van der Waals surface area contributed by atoms with Gasteiger partial charge in [-0.2, -0.15) is 0 Å². The third-order valence-corrected chi connectivity index (χ3v) is 4.63. The number of nitrogens with zero attached hydrogens (tertiary/aromatic N) is 1. The molecule has 2 aromatic carbocycles. The summed E-state index contributed by atoms with van der Waals surface area (Å²) < 4.78 is 0. The molecule has 2 aromatic rings. The van der Waals surface area contributed by atoms with Crippen molar-refractivity contribution >= 4 is 34.8 Å². The highest BCUT2D eigenvalue weighted by Crippen LogP contribution is 2.27. The first kappa shape index (κ1) is 16.3. The van der Waals surface area contributed by atoms with Gasteiger partial charge in [0.25, 0.3) is 0 Å². The van der Waals surface area contributed by atoms with Crippen molar-refractivity contribution in [1.82, 2.24) is 4.90 Å². The number of hydrogen-bond acceptors (Lipinski definition) is 2. The summed E-state index contributed by atoms with van der Waals surface area (Å²) in [6.07, 6.45) is 0.865.